The Labute approximate surface area is 204 Å². The van der Waals surface area contributed by atoms with Crippen LogP contribution in [0.3, 0.4) is 0 Å². The van der Waals surface area contributed by atoms with Gasteiger partial charge in [0.05, 0.1) is 12.8 Å². The van der Waals surface area contributed by atoms with E-state index in [2.05, 4.69) is 5.32 Å². The maximum atomic E-state index is 12.7. The number of rotatable bonds is 7. The lowest BCUT2D eigenvalue weighted by Gasteiger charge is -2.39. The third-order valence-electron chi connectivity index (χ3n) is 6.71. The van der Waals surface area contributed by atoms with E-state index in [1.165, 1.54) is 18.4 Å². The van der Waals surface area contributed by atoms with Gasteiger partial charge in [-0.05, 0) is 48.4 Å². The molecule has 35 heavy (non-hydrogen) atoms. The smallest absolute Gasteiger partial charge is 0.287 e. The van der Waals surface area contributed by atoms with Crippen molar-refractivity contribution in [2.45, 2.75) is 19.3 Å². The van der Waals surface area contributed by atoms with Gasteiger partial charge < -0.3 is 19.5 Å². The summed E-state index contributed by atoms with van der Waals surface area (Å²) in [6.07, 6.45) is 5.14. The standard InChI is InChI=1S/C25H29N3O6S/c29-22(17-26-24(31)21-7-4-15-34-21)27-12-9-25(10-13-27)11-14-28(19-25)23(30)18-35(32,33)16-8-20-5-2-1-3-6-20/h1-8,15-16H,9-14,17-19H2,(H,26,31). The molecule has 3 amide bonds. The maximum absolute atomic E-state index is 12.7. The Hall–Kier alpha value is -3.40. The number of hydrogen-bond acceptors (Lipinski definition) is 6. The summed E-state index contributed by atoms with van der Waals surface area (Å²) in [5.74, 6) is -1.38. The zero-order chi connectivity index (χ0) is 24.9. The summed E-state index contributed by atoms with van der Waals surface area (Å²) in [7, 11) is -3.67. The Balaban J connectivity index is 1.24. The molecule has 9 nitrogen and oxygen atoms in total. The van der Waals surface area contributed by atoms with Crippen LogP contribution < -0.4 is 5.32 Å². The predicted octanol–water partition coefficient (Wildman–Crippen LogP) is 1.94. The number of sulfone groups is 1. The molecule has 0 unspecified atom stereocenters. The van der Waals surface area contributed by atoms with E-state index in [1.807, 2.05) is 18.2 Å². The lowest BCUT2D eigenvalue weighted by Crippen LogP contribution is -2.48. The molecule has 2 saturated heterocycles. The summed E-state index contributed by atoms with van der Waals surface area (Å²) in [5.41, 5.74) is 0.651. The summed E-state index contributed by atoms with van der Waals surface area (Å²) in [4.78, 5) is 40.5. The van der Waals surface area contributed by atoms with Crippen LogP contribution in [0, 0.1) is 5.41 Å². The van der Waals surface area contributed by atoms with Crippen molar-refractivity contribution in [2.75, 3.05) is 38.5 Å². The van der Waals surface area contributed by atoms with Crippen molar-refractivity contribution in [3.05, 3.63) is 65.5 Å². The molecule has 1 spiro atoms. The van der Waals surface area contributed by atoms with Crippen LogP contribution in [0.15, 0.2) is 58.6 Å². The van der Waals surface area contributed by atoms with Crippen LogP contribution in [0.25, 0.3) is 6.08 Å². The first-order chi connectivity index (χ1) is 16.8. The SMILES string of the molecule is O=C(NCC(=O)N1CCC2(CC1)CCN(C(=O)CS(=O)(=O)C=Cc1ccccc1)C2)c1ccco1. The van der Waals surface area contributed by atoms with Crippen molar-refractivity contribution in [3.63, 3.8) is 0 Å². The van der Waals surface area contributed by atoms with Gasteiger partial charge in [0.15, 0.2) is 15.6 Å². The fourth-order valence-electron chi connectivity index (χ4n) is 4.61. The molecule has 0 aliphatic carbocycles. The number of piperidine rings is 1. The highest BCUT2D eigenvalue weighted by Crippen LogP contribution is 2.40. The Morgan fingerprint density at radius 3 is 2.29 bits per heavy atom. The van der Waals surface area contributed by atoms with E-state index in [0.29, 0.717) is 26.2 Å². The van der Waals surface area contributed by atoms with Gasteiger partial charge in [-0.2, -0.15) is 0 Å². The number of hydrogen-bond donors (Lipinski definition) is 1. The highest BCUT2D eigenvalue weighted by Gasteiger charge is 2.43. The van der Waals surface area contributed by atoms with Gasteiger partial charge in [-0.25, -0.2) is 8.42 Å². The minimum Gasteiger partial charge on any atom is -0.459 e. The average Bonchev–Trinajstić information content (AvgIpc) is 3.53. The van der Waals surface area contributed by atoms with E-state index >= 15 is 0 Å². The van der Waals surface area contributed by atoms with Gasteiger partial charge in [0.25, 0.3) is 5.91 Å². The quantitative estimate of drug-likeness (QED) is 0.622. The first-order valence-electron chi connectivity index (χ1n) is 11.6. The normalized spacial score (nSPS) is 17.7. The Morgan fingerprint density at radius 2 is 1.63 bits per heavy atom. The first kappa shape index (κ1) is 24.7. The fraction of sp³-hybridized carbons (Fsp3) is 0.400. The predicted molar refractivity (Wildman–Crippen MR) is 130 cm³/mol. The van der Waals surface area contributed by atoms with E-state index in [0.717, 1.165) is 30.2 Å². The number of carbonyl (C=O) groups is 3. The number of furan rings is 1. The number of benzene rings is 1. The molecule has 10 heteroatoms. The first-order valence-corrected chi connectivity index (χ1v) is 13.3. The molecule has 186 valence electrons. The highest BCUT2D eigenvalue weighted by molar-refractivity contribution is 7.95. The molecular weight excluding hydrogens is 470 g/mol. The van der Waals surface area contributed by atoms with Crippen LogP contribution in [-0.2, 0) is 19.4 Å². The van der Waals surface area contributed by atoms with Crippen molar-refractivity contribution >= 4 is 33.6 Å². The molecule has 2 fully saturated rings. The van der Waals surface area contributed by atoms with Gasteiger partial charge in [0, 0.05) is 31.6 Å². The minimum absolute atomic E-state index is 0.104. The van der Waals surface area contributed by atoms with Crippen LogP contribution in [0.2, 0.25) is 0 Å². The van der Waals surface area contributed by atoms with Gasteiger partial charge in [-0.1, -0.05) is 30.3 Å². The average molecular weight is 500 g/mol. The minimum atomic E-state index is -3.67. The molecular formula is C25H29N3O6S. The third-order valence-corrected chi connectivity index (χ3v) is 7.91. The number of likely N-dealkylation sites (tertiary alicyclic amines) is 2. The molecule has 0 bridgehead atoms. The van der Waals surface area contributed by atoms with Gasteiger partial charge in [0.1, 0.15) is 5.75 Å². The molecule has 0 radical (unpaired) electrons. The van der Waals surface area contributed by atoms with Crippen molar-refractivity contribution in [1.29, 1.82) is 0 Å². The van der Waals surface area contributed by atoms with E-state index in [1.54, 1.807) is 28.0 Å². The van der Waals surface area contributed by atoms with Crippen LogP contribution in [-0.4, -0.2) is 74.4 Å². The maximum Gasteiger partial charge on any atom is 0.287 e. The largest absolute Gasteiger partial charge is 0.459 e. The topological polar surface area (TPSA) is 117 Å². The molecule has 2 aromatic rings. The summed E-state index contributed by atoms with van der Waals surface area (Å²) < 4.78 is 29.9. The number of carbonyl (C=O) groups excluding carboxylic acids is 3. The second-order valence-electron chi connectivity index (χ2n) is 9.13. The fourth-order valence-corrected chi connectivity index (χ4v) is 5.59. The van der Waals surface area contributed by atoms with Crippen LogP contribution in [0.1, 0.15) is 35.4 Å². The van der Waals surface area contributed by atoms with Crippen LogP contribution in [0.4, 0.5) is 0 Å². The molecule has 0 atom stereocenters. The Morgan fingerprint density at radius 1 is 0.943 bits per heavy atom. The van der Waals surface area contributed by atoms with Crippen molar-refractivity contribution in [2.24, 2.45) is 5.41 Å². The lowest BCUT2D eigenvalue weighted by atomic mass is 9.78. The molecule has 4 rings (SSSR count). The zero-order valence-electron chi connectivity index (χ0n) is 19.4. The number of nitrogens with zero attached hydrogens (tertiary/aromatic N) is 2. The molecule has 2 aliphatic heterocycles. The van der Waals surface area contributed by atoms with Crippen molar-refractivity contribution in [3.8, 4) is 0 Å². The molecule has 1 aromatic carbocycles. The molecule has 1 aromatic heterocycles. The van der Waals surface area contributed by atoms with Gasteiger partial charge >= 0.3 is 0 Å². The van der Waals surface area contributed by atoms with E-state index in [-0.39, 0.29) is 23.6 Å². The zero-order valence-corrected chi connectivity index (χ0v) is 20.2. The summed E-state index contributed by atoms with van der Waals surface area (Å²) in [5, 5.41) is 3.67. The van der Waals surface area contributed by atoms with E-state index in [4.69, 9.17) is 4.42 Å². The molecule has 3 heterocycles. The second-order valence-corrected chi connectivity index (χ2v) is 11.0. The number of amides is 3. The van der Waals surface area contributed by atoms with Crippen LogP contribution >= 0.6 is 0 Å². The van der Waals surface area contributed by atoms with Gasteiger partial charge in [-0.3, -0.25) is 14.4 Å². The summed E-state index contributed by atoms with van der Waals surface area (Å²) in [6, 6.07) is 12.2. The Bertz CT molecular complexity index is 1180. The van der Waals surface area contributed by atoms with E-state index in [9.17, 15) is 22.8 Å². The van der Waals surface area contributed by atoms with Crippen molar-refractivity contribution < 1.29 is 27.2 Å². The monoisotopic (exact) mass is 499 g/mol. The lowest BCUT2D eigenvalue weighted by molar-refractivity contribution is -0.133. The molecule has 1 N–H and O–H groups in total. The summed E-state index contributed by atoms with van der Waals surface area (Å²) in [6.45, 7) is 1.99. The van der Waals surface area contributed by atoms with E-state index < -0.39 is 27.4 Å². The molecule has 2 aliphatic rings. The van der Waals surface area contributed by atoms with Crippen LogP contribution in [0.5, 0.6) is 0 Å². The second kappa shape index (κ2) is 10.5. The van der Waals surface area contributed by atoms with Gasteiger partial charge in [0.2, 0.25) is 11.8 Å². The summed E-state index contributed by atoms with van der Waals surface area (Å²) >= 11 is 0. The Kier molecular flexibility index (Phi) is 7.39. The number of nitrogens with one attached hydrogen (secondary N) is 1. The highest BCUT2D eigenvalue weighted by atomic mass is 32.2. The molecule has 0 saturated carbocycles. The van der Waals surface area contributed by atoms with Crippen molar-refractivity contribution in [1.82, 2.24) is 15.1 Å². The third kappa shape index (κ3) is 6.39. The van der Waals surface area contributed by atoms with Gasteiger partial charge in [-0.15, -0.1) is 0 Å².